The topological polar surface area (TPSA) is 75.1 Å². The van der Waals surface area contributed by atoms with Crippen LogP contribution in [0.2, 0.25) is 5.02 Å². The monoisotopic (exact) mass is 339 g/mol. The zero-order valence-corrected chi connectivity index (χ0v) is 13.6. The van der Waals surface area contributed by atoms with Crippen LogP contribution in [0.5, 0.6) is 0 Å². The molecule has 3 rings (SSSR count). The maximum absolute atomic E-state index is 11.1. The minimum atomic E-state index is -0.975. The van der Waals surface area contributed by atoms with Crippen molar-refractivity contribution in [1.82, 2.24) is 9.97 Å². The van der Waals surface area contributed by atoms with Gasteiger partial charge in [-0.25, -0.2) is 14.8 Å². The van der Waals surface area contributed by atoms with Gasteiger partial charge in [-0.1, -0.05) is 29.8 Å². The second kappa shape index (κ2) is 6.68. The number of rotatable bonds is 4. The van der Waals surface area contributed by atoms with Crippen LogP contribution in [0.15, 0.2) is 54.6 Å². The first kappa shape index (κ1) is 16.0. The SMILES string of the molecule is Cc1cc(Nc2cccc(C(=O)O)c2)nc(-c2cccc(Cl)c2)n1. The van der Waals surface area contributed by atoms with E-state index in [4.69, 9.17) is 16.7 Å². The summed E-state index contributed by atoms with van der Waals surface area (Å²) in [5, 5.41) is 12.8. The van der Waals surface area contributed by atoms with Crippen LogP contribution in [0, 0.1) is 6.92 Å². The van der Waals surface area contributed by atoms with Crippen LogP contribution in [0.25, 0.3) is 11.4 Å². The minimum Gasteiger partial charge on any atom is -0.478 e. The summed E-state index contributed by atoms with van der Waals surface area (Å²) >= 11 is 6.02. The Hall–Kier alpha value is -2.92. The Kier molecular flexibility index (Phi) is 4.44. The van der Waals surface area contributed by atoms with Crippen molar-refractivity contribution in [3.8, 4) is 11.4 Å². The van der Waals surface area contributed by atoms with Crippen LogP contribution < -0.4 is 5.32 Å². The average Bonchev–Trinajstić information content (AvgIpc) is 2.54. The second-order valence-electron chi connectivity index (χ2n) is 5.24. The van der Waals surface area contributed by atoms with Gasteiger partial charge >= 0.3 is 5.97 Å². The molecule has 1 heterocycles. The number of hydrogen-bond donors (Lipinski definition) is 2. The number of nitrogens with zero attached hydrogens (tertiary/aromatic N) is 2. The lowest BCUT2D eigenvalue weighted by molar-refractivity contribution is 0.0697. The largest absolute Gasteiger partial charge is 0.478 e. The van der Waals surface area contributed by atoms with Gasteiger partial charge in [0.1, 0.15) is 5.82 Å². The summed E-state index contributed by atoms with van der Waals surface area (Å²) in [5.74, 6) is 0.159. The van der Waals surface area contributed by atoms with Gasteiger partial charge in [-0.3, -0.25) is 0 Å². The van der Waals surface area contributed by atoms with E-state index in [0.29, 0.717) is 22.4 Å². The summed E-state index contributed by atoms with van der Waals surface area (Å²) in [6, 6.07) is 15.7. The van der Waals surface area contributed by atoms with E-state index in [1.807, 2.05) is 19.1 Å². The molecule has 0 atom stereocenters. The van der Waals surface area contributed by atoms with Crippen molar-refractivity contribution in [3.63, 3.8) is 0 Å². The molecular formula is C18H14ClN3O2. The highest BCUT2D eigenvalue weighted by molar-refractivity contribution is 6.30. The van der Waals surface area contributed by atoms with E-state index < -0.39 is 5.97 Å². The predicted molar refractivity (Wildman–Crippen MR) is 93.9 cm³/mol. The molecule has 0 spiro atoms. The maximum Gasteiger partial charge on any atom is 0.335 e. The Morgan fingerprint density at radius 1 is 1.08 bits per heavy atom. The lowest BCUT2D eigenvalue weighted by Crippen LogP contribution is -2.01. The van der Waals surface area contributed by atoms with Crippen molar-refractivity contribution in [1.29, 1.82) is 0 Å². The molecule has 6 heteroatoms. The molecule has 24 heavy (non-hydrogen) atoms. The number of aryl methyl sites for hydroxylation is 1. The van der Waals surface area contributed by atoms with E-state index in [2.05, 4.69) is 15.3 Å². The van der Waals surface area contributed by atoms with Gasteiger partial charge in [-0.05, 0) is 37.3 Å². The third-order valence-electron chi connectivity index (χ3n) is 3.32. The fraction of sp³-hybridized carbons (Fsp3) is 0.0556. The number of carboxylic acid groups (broad SMARTS) is 1. The van der Waals surface area contributed by atoms with Crippen LogP contribution in [0.1, 0.15) is 16.1 Å². The first-order valence-corrected chi connectivity index (χ1v) is 7.61. The number of anilines is 2. The van der Waals surface area contributed by atoms with Crippen molar-refractivity contribution in [3.05, 3.63) is 70.9 Å². The molecule has 1 aromatic heterocycles. The molecule has 2 N–H and O–H groups in total. The number of aromatic carboxylic acids is 1. The van der Waals surface area contributed by atoms with E-state index in [1.165, 1.54) is 6.07 Å². The molecule has 0 unspecified atom stereocenters. The fourth-order valence-corrected chi connectivity index (χ4v) is 2.46. The molecule has 3 aromatic rings. The zero-order valence-electron chi connectivity index (χ0n) is 12.8. The summed E-state index contributed by atoms with van der Waals surface area (Å²) in [4.78, 5) is 20.0. The van der Waals surface area contributed by atoms with Crippen molar-refractivity contribution >= 4 is 29.1 Å². The molecule has 2 aromatic carbocycles. The molecule has 0 amide bonds. The van der Waals surface area contributed by atoms with Crippen LogP contribution in [0.3, 0.4) is 0 Å². The highest BCUT2D eigenvalue weighted by Crippen LogP contribution is 2.23. The van der Waals surface area contributed by atoms with Gasteiger partial charge in [0, 0.05) is 28.0 Å². The molecule has 5 nitrogen and oxygen atoms in total. The lowest BCUT2D eigenvalue weighted by Gasteiger charge is -2.09. The molecule has 0 aliphatic carbocycles. The van der Waals surface area contributed by atoms with Crippen molar-refractivity contribution in [2.24, 2.45) is 0 Å². The van der Waals surface area contributed by atoms with Crippen molar-refractivity contribution < 1.29 is 9.90 Å². The number of benzene rings is 2. The number of nitrogens with one attached hydrogen (secondary N) is 1. The smallest absolute Gasteiger partial charge is 0.335 e. The molecule has 0 aliphatic rings. The van der Waals surface area contributed by atoms with Crippen molar-refractivity contribution in [2.75, 3.05) is 5.32 Å². The summed E-state index contributed by atoms with van der Waals surface area (Å²) in [6.07, 6.45) is 0. The Morgan fingerprint density at radius 3 is 2.62 bits per heavy atom. The Balaban J connectivity index is 1.95. The predicted octanol–water partition coefficient (Wildman–Crippen LogP) is 4.55. The molecule has 0 radical (unpaired) electrons. The highest BCUT2D eigenvalue weighted by Gasteiger charge is 2.08. The standard InChI is InChI=1S/C18H14ClN3O2/c1-11-8-16(21-15-7-3-5-13(10-15)18(23)24)22-17(20-11)12-4-2-6-14(19)9-12/h2-10H,1H3,(H,23,24)(H,20,21,22). The van der Waals surface area contributed by atoms with Gasteiger partial charge in [0.25, 0.3) is 0 Å². The Labute approximate surface area is 144 Å². The molecule has 0 bridgehead atoms. The van der Waals surface area contributed by atoms with Crippen LogP contribution in [0.4, 0.5) is 11.5 Å². The number of hydrogen-bond acceptors (Lipinski definition) is 4. The maximum atomic E-state index is 11.1. The van der Waals surface area contributed by atoms with Crippen LogP contribution in [-0.4, -0.2) is 21.0 Å². The Bertz CT molecular complexity index is 912. The fourth-order valence-electron chi connectivity index (χ4n) is 2.27. The van der Waals surface area contributed by atoms with E-state index in [9.17, 15) is 4.79 Å². The molecular weight excluding hydrogens is 326 g/mol. The Morgan fingerprint density at radius 2 is 1.88 bits per heavy atom. The lowest BCUT2D eigenvalue weighted by atomic mass is 10.2. The van der Waals surface area contributed by atoms with Gasteiger partial charge in [0.15, 0.2) is 5.82 Å². The number of carbonyl (C=O) groups is 1. The van der Waals surface area contributed by atoms with E-state index >= 15 is 0 Å². The van der Waals surface area contributed by atoms with Gasteiger partial charge in [0.2, 0.25) is 0 Å². The minimum absolute atomic E-state index is 0.209. The van der Waals surface area contributed by atoms with Gasteiger partial charge < -0.3 is 10.4 Å². The summed E-state index contributed by atoms with van der Waals surface area (Å²) in [5.41, 5.74) is 2.45. The summed E-state index contributed by atoms with van der Waals surface area (Å²) in [7, 11) is 0. The summed E-state index contributed by atoms with van der Waals surface area (Å²) in [6.45, 7) is 1.87. The zero-order chi connectivity index (χ0) is 17.1. The van der Waals surface area contributed by atoms with Crippen LogP contribution in [-0.2, 0) is 0 Å². The van der Waals surface area contributed by atoms with Crippen molar-refractivity contribution in [2.45, 2.75) is 6.92 Å². The molecule has 0 aliphatic heterocycles. The third kappa shape index (κ3) is 3.70. The highest BCUT2D eigenvalue weighted by atomic mass is 35.5. The van der Waals surface area contributed by atoms with E-state index in [-0.39, 0.29) is 5.56 Å². The normalized spacial score (nSPS) is 10.4. The third-order valence-corrected chi connectivity index (χ3v) is 3.55. The number of carboxylic acids is 1. The molecule has 0 saturated carbocycles. The average molecular weight is 340 g/mol. The number of aromatic nitrogens is 2. The van der Waals surface area contributed by atoms with Gasteiger partial charge in [-0.2, -0.15) is 0 Å². The molecule has 0 fully saturated rings. The van der Waals surface area contributed by atoms with Gasteiger partial charge in [-0.15, -0.1) is 0 Å². The first-order valence-electron chi connectivity index (χ1n) is 7.23. The first-order chi connectivity index (χ1) is 11.5. The van der Waals surface area contributed by atoms with Crippen LogP contribution >= 0.6 is 11.6 Å². The van der Waals surface area contributed by atoms with Gasteiger partial charge in [0.05, 0.1) is 5.56 Å². The van der Waals surface area contributed by atoms with E-state index in [1.54, 1.807) is 36.4 Å². The quantitative estimate of drug-likeness (QED) is 0.729. The molecule has 0 saturated heterocycles. The molecule has 120 valence electrons. The second-order valence-corrected chi connectivity index (χ2v) is 5.68. The summed E-state index contributed by atoms with van der Waals surface area (Å²) < 4.78 is 0. The number of halogens is 1. The van der Waals surface area contributed by atoms with E-state index in [0.717, 1.165) is 11.3 Å².